The molecule has 0 spiro atoms. The molecule has 4 rings (SSSR count). The number of nitrogens with zero attached hydrogens (tertiary/aromatic N) is 5. The number of hydrogen-bond donors (Lipinski definition) is 0. The second kappa shape index (κ2) is 8.21. The summed E-state index contributed by atoms with van der Waals surface area (Å²) in [5, 5.41) is 8.63. The van der Waals surface area contributed by atoms with Crippen molar-refractivity contribution in [2.45, 2.75) is 32.0 Å². The highest BCUT2D eigenvalue weighted by Crippen LogP contribution is 2.16. The van der Waals surface area contributed by atoms with Crippen molar-refractivity contribution < 1.29 is 4.74 Å². The molecule has 6 heteroatoms. The molecule has 1 atom stereocenters. The zero-order valence-corrected chi connectivity index (χ0v) is 14.7. The third kappa shape index (κ3) is 4.33. The lowest BCUT2D eigenvalue weighted by molar-refractivity contribution is 0.0670. The van der Waals surface area contributed by atoms with Gasteiger partial charge in [0.25, 0.3) is 0 Å². The van der Waals surface area contributed by atoms with Gasteiger partial charge in [-0.3, -0.25) is 9.88 Å². The Morgan fingerprint density at radius 1 is 1.04 bits per heavy atom. The summed E-state index contributed by atoms with van der Waals surface area (Å²) in [7, 11) is 0. The Hall–Kier alpha value is -2.57. The monoisotopic (exact) mass is 349 g/mol. The minimum Gasteiger partial charge on any atom is -0.377 e. The van der Waals surface area contributed by atoms with Crippen molar-refractivity contribution in [3.8, 4) is 5.69 Å². The number of rotatable bonds is 7. The lowest BCUT2D eigenvalue weighted by atomic mass is 10.2. The Morgan fingerprint density at radius 2 is 1.88 bits per heavy atom. The van der Waals surface area contributed by atoms with E-state index in [2.05, 4.69) is 26.3 Å². The van der Waals surface area contributed by atoms with E-state index >= 15 is 0 Å². The first-order valence-electron chi connectivity index (χ1n) is 9.07. The average Bonchev–Trinajstić information content (AvgIpc) is 3.35. The van der Waals surface area contributed by atoms with Crippen LogP contribution in [-0.2, 0) is 17.8 Å². The fraction of sp³-hybridized carbons (Fsp3) is 0.350. The molecule has 134 valence electrons. The van der Waals surface area contributed by atoms with Crippen LogP contribution in [0.25, 0.3) is 5.69 Å². The molecule has 0 radical (unpaired) electrons. The van der Waals surface area contributed by atoms with E-state index in [-0.39, 0.29) is 0 Å². The molecule has 6 nitrogen and oxygen atoms in total. The van der Waals surface area contributed by atoms with Crippen molar-refractivity contribution in [3.05, 3.63) is 72.3 Å². The Labute approximate surface area is 153 Å². The lowest BCUT2D eigenvalue weighted by Gasteiger charge is -2.23. The number of para-hydroxylation sites is 1. The van der Waals surface area contributed by atoms with Crippen LogP contribution in [0.3, 0.4) is 0 Å². The second-order valence-corrected chi connectivity index (χ2v) is 6.62. The Bertz CT molecular complexity index is 799. The molecule has 0 aliphatic carbocycles. The van der Waals surface area contributed by atoms with E-state index < -0.39 is 0 Å². The van der Waals surface area contributed by atoms with Crippen LogP contribution in [0, 0.1) is 0 Å². The number of benzene rings is 1. The number of ether oxygens (including phenoxy) is 1. The van der Waals surface area contributed by atoms with Crippen LogP contribution in [-0.4, -0.2) is 44.1 Å². The zero-order valence-electron chi connectivity index (χ0n) is 14.7. The number of aromatic nitrogens is 4. The van der Waals surface area contributed by atoms with E-state index in [4.69, 9.17) is 4.74 Å². The molecule has 0 N–H and O–H groups in total. The van der Waals surface area contributed by atoms with Gasteiger partial charge in [0.1, 0.15) is 0 Å². The van der Waals surface area contributed by atoms with Gasteiger partial charge < -0.3 is 4.74 Å². The summed E-state index contributed by atoms with van der Waals surface area (Å²) in [6.07, 6.45) is 6.39. The van der Waals surface area contributed by atoms with Gasteiger partial charge in [-0.25, -0.2) is 4.68 Å². The van der Waals surface area contributed by atoms with Crippen molar-refractivity contribution >= 4 is 0 Å². The molecule has 1 fully saturated rings. The molecule has 0 bridgehead atoms. The first kappa shape index (κ1) is 16.9. The quantitative estimate of drug-likeness (QED) is 0.656. The molecular formula is C20H23N5O. The highest BCUT2D eigenvalue weighted by molar-refractivity contribution is 5.29. The molecule has 1 aromatic carbocycles. The average molecular weight is 349 g/mol. The van der Waals surface area contributed by atoms with Gasteiger partial charge in [-0.2, -0.15) is 0 Å². The van der Waals surface area contributed by atoms with Crippen LogP contribution >= 0.6 is 0 Å². The van der Waals surface area contributed by atoms with E-state index in [0.29, 0.717) is 6.10 Å². The van der Waals surface area contributed by atoms with Gasteiger partial charge in [-0.05, 0) is 37.1 Å². The van der Waals surface area contributed by atoms with Gasteiger partial charge in [0, 0.05) is 32.4 Å². The normalized spacial score (nSPS) is 17.0. The summed E-state index contributed by atoms with van der Waals surface area (Å²) in [5.74, 6) is 0. The van der Waals surface area contributed by atoms with E-state index in [0.717, 1.165) is 56.2 Å². The van der Waals surface area contributed by atoms with Crippen molar-refractivity contribution in [2.75, 3.05) is 13.2 Å². The second-order valence-electron chi connectivity index (χ2n) is 6.62. The molecule has 26 heavy (non-hydrogen) atoms. The highest BCUT2D eigenvalue weighted by Gasteiger charge is 2.20. The Balaban J connectivity index is 1.47. The van der Waals surface area contributed by atoms with Gasteiger partial charge in [-0.15, -0.1) is 5.10 Å². The Morgan fingerprint density at radius 3 is 2.65 bits per heavy atom. The van der Waals surface area contributed by atoms with Crippen molar-refractivity contribution in [2.24, 2.45) is 0 Å². The zero-order chi connectivity index (χ0) is 17.6. The summed E-state index contributed by atoms with van der Waals surface area (Å²) in [6, 6.07) is 16.1. The van der Waals surface area contributed by atoms with Crippen molar-refractivity contribution in [1.29, 1.82) is 0 Å². The summed E-state index contributed by atoms with van der Waals surface area (Å²) in [5.41, 5.74) is 3.02. The van der Waals surface area contributed by atoms with Gasteiger partial charge in [0.15, 0.2) is 0 Å². The van der Waals surface area contributed by atoms with Crippen LogP contribution in [0.15, 0.2) is 60.9 Å². The van der Waals surface area contributed by atoms with E-state index in [1.165, 1.54) is 0 Å². The topological polar surface area (TPSA) is 56.1 Å². The maximum absolute atomic E-state index is 5.83. The first-order chi connectivity index (χ1) is 12.9. The predicted molar refractivity (Wildman–Crippen MR) is 98.7 cm³/mol. The summed E-state index contributed by atoms with van der Waals surface area (Å²) < 4.78 is 7.65. The molecule has 3 aromatic rings. The minimum absolute atomic E-state index is 0.294. The molecule has 1 aliphatic heterocycles. The molecular weight excluding hydrogens is 326 g/mol. The van der Waals surface area contributed by atoms with E-state index in [9.17, 15) is 0 Å². The van der Waals surface area contributed by atoms with Crippen LogP contribution in [0.2, 0.25) is 0 Å². The third-order valence-corrected chi connectivity index (χ3v) is 4.54. The maximum Gasteiger partial charge on any atom is 0.0972 e. The fourth-order valence-electron chi connectivity index (χ4n) is 3.29. The molecule has 0 saturated carbocycles. The van der Waals surface area contributed by atoms with Crippen LogP contribution in [0.4, 0.5) is 0 Å². The summed E-state index contributed by atoms with van der Waals surface area (Å²) in [6.45, 7) is 3.25. The van der Waals surface area contributed by atoms with Gasteiger partial charge in [0.2, 0.25) is 0 Å². The van der Waals surface area contributed by atoms with Crippen molar-refractivity contribution in [1.82, 2.24) is 24.9 Å². The summed E-state index contributed by atoms with van der Waals surface area (Å²) >= 11 is 0. The van der Waals surface area contributed by atoms with Gasteiger partial charge in [-0.1, -0.05) is 29.5 Å². The SMILES string of the molecule is c1ccc(-n2cc(CN(Cc3ccccn3)C[C@H]3CCCO3)nn2)cc1. The number of pyridine rings is 1. The minimum atomic E-state index is 0.294. The van der Waals surface area contributed by atoms with E-state index in [1.54, 1.807) is 0 Å². The molecule has 1 saturated heterocycles. The molecule has 3 heterocycles. The number of hydrogen-bond acceptors (Lipinski definition) is 5. The third-order valence-electron chi connectivity index (χ3n) is 4.54. The standard InChI is InChI=1S/C20H23N5O/c1-2-8-19(9-3-1)25-15-18(22-23-25)14-24(16-20-10-6-12-26-20)13-17-7-4-5-11-21-17/h1-5,7-9,11,15,20H,6,10,12-14,16H2/t20-/m1/s1. The first-order valence-corrected chi connectivity index (χ1v) is 9.07. The van der Waals surface area contributed by atoms with Crippen molar-refractivity contribution in [3.63, 3.8) is 0 Å². The predicted octanol–water partition coefficient (Wildman–Crippen LogP) is 2.84. The van der Waals surface area contributed by atoms with E-state index in [1.807, 2.05) is 59.5 Å². The van der Waals surface area contributed by atoms with Crippen LogP contribution in [0.5, 0.6) is 0 Å². The van der Waals surface area contributed by atoms with Crippen LogP contribution < -0.4 is 0 Å². The van der Waals surface area contributed by atoms with Gasteiger partial charge in [0.05, 0.1) is 29.4 Å². The van der Waals surface area contributed by atoms with Crippen LogP contribution in [0.1, 0.15) is 24.2 Å². The van der Waals surface area contributed by atoms with Gasteiger partial charge >= 0.3 is 0 Å². The smallest absolute Gasteiger partial charge is 0.0972 e. The Kier molecular flexibility index (Phi) is 5.33. The summed E-state index contributed by atoms with van der Waals surface area (Å²) in [4.78, 5) is 6.81. The lowest BCUT2D eigenvalue weighted by Crippen LogP contribution is -2.31. The molecule has 0 unspecified atom stereocenters. The fourth-order valence-corrected chi connectivity index (χ4v) is 3.29. The highest BCUT2D eigenvalue weighted by atomic mass is 16.5. The molecule has 0 amide bonds. The molecule has 1 aliphatic rings. The molecule has 2 aromatic heterocycles. The maximum atomic E-state index is 5.83. The largest absolute Gasteiger partial charge is 0.377 e.